The number of sulfone groups is 1. The molecule has 43 heavy (non-hydrogen) atoms. The number of aryl methyl sites for hydroxylation is 1. The van der Waals surface area contributed by atoms with Gasteiger partial charge in [-0.2, -0.15) is 0 Å². The average molecular weight is 641 g/mol. The summed E-state index contributed by atoms with van der Waals surface area (Å²) in [5.41, 5.74) is 7.68. The molecule has 1 aliphatic rings. The monoisotopic (exact) mass is 640 g/mol. The van der Waals surface area contributed by atoms with E-state index in [2.05, 4.69) is 15.3 Å². The van der Waals surface area contributed by atoms with E-state index in [1.807, 2.05) is 24.8 Å². The zero-order valence-electron chi connectivity index (χ0n) is 24.0. The van der Waals surface area contributed by atoms with Crippen molar-refractivity contribution in [2.24, 2.45) is 0 Å². The molecule has 1 saturated heterocycles. The van der Waals surface area contributed by atoms with Gasteiger partial charge < -0.3 is 16.0 Å². The quantitative estimate of drug-likeness (QED) is 0.266. The van der Waals surface area contributed by atoms with Gasteiger partial charge in [0.1, 0.15) is 0 Å². The van der Waals surface area contributed by atoms with Crippen molar-refractivity contribution in [3.63, 3.8) is 0 Å². The van der Waals surface area contributed by atoms with Crippen LogP contribution in [-0.4, -0.2) is 55.4 Å². The van der Waals surface area contributed by atoms with Crippen molar-refractivity contribution >= 4 is 64.7 Å². The summed E-state index contributed by atoms with van der Waals surface area (Å²) in [6.45, 7) is 7.58. The maximum atomic E-state index is 17.4. The molecule has 13 heteroatoms. The Morgan fingerprint density at radius 2 is 1.88 bits per heavy atom. The largest absolute Gasteiger partial charge is 0.375 e. The van der Waals surface area contributed by atoms with Crippen LogP contribution in [0.5, 0.6) is 0 Å². The molecule has 0 aliphatic carbocycles. The zero-order valence-corrected chi connectivity index (χ0v) is 26.4. The number of benzene rings is 2. The number of hydrogen-bond donors (Lipinski definition) is 2. The smallest absolute Gasteiger partial charge is 0.276 e. The van der Waals surface area contributed by atoms with Crippen molar-refractivity contribution in [3.8, 4) is 16.8 Å². The number of rotatable bonds is 5. The molecular formula is C30H30ClFN6O3S2. The molecule has 224 valence electrons. The van der Waals surface area contributed by atoms with E-state index in [0.29, 0.717) is 59.3 Å². The molecule has 4 heterocycles. The number of piperazine rings is 1. The maximum absolute atomic E-state index is 17.4. The van der Waals surface area contributed by atoms with Crippen molar-refractivity contribution in [2.75, 3.05) is 43.1 Å². The van der Waals surface area contributed by atoms with Gasteiger partial charge in [-0.05, 0) is 36.6 Å². The molecule has 0 atom stereocenters. The third-order valence-corrected chi connectivity index (χ3v) is 9.97. The summed E-state index contributed by atoms with van der Waals surface area (Å²) < 4.78 is 46.2. The Bertz CT molecular complexity index is 2100. The number of thiazole rings is 1. The minimum Gasteiger partial charge on any atom is -0.375 e. The Balaban J connectivity index is 1.88. The fourth-order valence-electron chi connectivity index (χ4n) is 5.88. The summed E-state index contributed by atoms with van der Waals surface area (Å²) in [7, 11) is -4.10. The molecule has 0 spiro atoms. The lowest BCUT2D eigenvalue weighted by atomic mass is 9.99. The average Bonchev–Trinajstić information content (AvgIpc) is 3.33. The van der Waals surface area contributed by atoms with E-state index in [4.69, 9.17) is 17.3 Å². The molecule has 0 unspecified atom stereocenters. The Morgan fingerprint density at radius 3 is 2.56 bits per heavy atom. The lowest BCUT2D eigenvalue weighted by Gasteiger charge is -2.33. The second-order valence-corrected chi connectivity index (χ2v) is 14.4. The van der Waals surface area contributed by atoms with E-state index in [9.17, 15) is 13.2 Å². The van der Waals surface area contributed by atoms with Gasteiger partial charge in [0.15, 0.2) is 25.7 Å². The molecule has 5 aromatic rings. The number of pyridine rings is 2. The number of nitrogens with two attached hydrogens (primary N) is 1. The van der Waals surface area contributed by atoms with E-state index < -0.39 is 26.1 Å². The van der Waals surface area contributed by atoms with Crippen LogP contribution in [-0.2, 0) is 9.84 Å². The predicted octanol–water partition coefficient (Wildman–Crippen LogP) is 5.28. The van der Waals surface area contributed by atoms with Crippen LogP contribution in [0.15, 0.2) is 46.2 Å². The number of nitrogens with one attached hydrogen (secondary N) is 1. The number of fused-ring (bicyclic) bond motifs is 2. The highest BCUT2D eigenvalue weighted by molar-refractivity contribution is 7.90. The fraction of sp³-hybridized carbons (Fsp3) is 0.300. The molecule has 0 saturated carbocycles. The van der Waals surface area contributed by atoms with Gasteiger partial charge in [0.2, 0.25) is 0 Å². The van der Waals surface area contributed by atoms with Crippen LogP contribution in [0.2, 0.25) is 5.02 Å². The highest BCUT2D eigenvalue weighted by atomic mass is 35.5. The second-order valence-electron chi connectivity index (χ2n) is 11.0. The van der Waals surface area contributed by atoms with Gasteiger partial charge in [0.25, 0.3) is 5.56 Å². The SMILES string of the molecule is Cc1ccnc(C(C)C)c1-n1c(=O)c(S(C)(=O)=O)c(N2CCNCC2)c2cc(Cl)c(-c3cccc4sc(N)nc34)c(F)c21. The van der Waals surface area contributed by atoms with Gasteiger partial charge in [-0.3, -0.25) is 14.3 Å². The van der Waals surface area contributed by atoms with Crippen molar-refractivity contribution in [1.82, 2.24) is 19.9 Å². The number of anilines is 2. The number of aromatic nitrogens is 3. The first-order valence-electron chi connectivity index (χ1n) is 13.8. The van der Waals surface area contributed by atoms with Crippen LogP contribution in [0.4, 0.5) is 15.2 Å². The van der Waals surface area contributed by atoms with E-state index in [1.165, 1.54) is 15.9 Å². The Hall–Kier alpha value is -3.58. The van der Waals surface area contributed by atoms with Crippen LogP contribution < -0.4 is 21.5 Å². The molecule has 0 radical (unpaired) electrons. The van der Waals surface area contributed by atoms with E-state index in [-0.39, 0.29) is 33.1 Å². The van der Waals surface area contributed by atoms with Crippen molar-refractivity contribution in [1.29, 1.82) is 0 Å². The molecule has 6 rings (SSSR count). The molecule has 0 amide bonds. The first-order chi connectivity index (χ1) is 20.4. The normalized spacial score (nSPS) is 14.3. The molecule has 0 bridgehead atoms. The van der Waals surface area contributed by atoms with Crippen molar-refractivity contribution < 1.29 is 12.8 Å². The number of para-hydroxylation sites is 1. The van der Waals surface area contributed by atoms with Gasteiger partial charge in [-0.15, -0.1) is 0 Å². The molecule has 2 aromatic carbocycles. The fourth-order valence-corrected chi connectivity index (χ4v) is 7.94. The maximum Gasteiger partial charge on any atom is 0.276 e. The summed E-state index contributed by atoms with van der Waals surface area (Å²) in [5.74, 6) is -0.930. The van der Waals surface area contributed by atoms with E-state index in [0.717, 1.165) is 11.0 Å². The first kappa shape index (κ1) is 29.5. The highest BCUT2D eigenvalue weighted by Crippen LogP contribution is 2.44. The Morgan fingerprint density at radius 1 is 1.16 bits per heavy atom. The summed E-state index contributed by atoms with van der Waals surface area (Å²) in [6, 6.07) is 8.59. The second kappa shape index (κ2) is 10.8. The standard InChI is InChI=1S/C30H30ClFN6O3S2/c1-15(2)23-25(16(3)8-9-35-23)38-26-18(27(37-12-10-34-11-13-37)28(29(38)39)43(4,40)41)14-19(31)21(22(26)32)17-6-5-7-20-24(17)36-30(33)42-20/h5-9,14-15,34H,10-13H2,1-4H3,(H2,33,36). The predicted molar refractivity (Wildman–Crippen MR) is 172 cm³/mol. The molecule has 1 fully saturated rings. The lowest BCUT2D eigenvalue weighted by molar-refractivity contribution is 0.580. The molecule has 3 N–H and O–H groups in total. The van der Waals surface area contributed by atoms with Gasteiger partial charge in [0.05, 0.1) is 37.8 Å². The number of nitrogens with zero attached hydrogens (tertiary/aromatic N) is 4. The van der Waals surface area contributed by atoms with Gasteiger partial charge in [-0.25, -0.2) is 17.8 Å². The third-order valence-electron chi connectivity index (χ3n) is 7.72. The van der Waals surface area contributed by atoms with Gasteiger partial charge in [0, 0.05) is 55.1 Å². The third kappa shape index (κ3) is 4.86. The zero-order chi connectivity index (χ0) is 30.8. The lowest BCUT2D eigenvalue weighted by Crippen LogP contribution is -2.45. The Kier molecular flexibility index (Phi) is 7.44. The summed E-state index contributed by atoms with van der Waals surface area (Å²) >= 11 is 8.17. The minimum absolute atomic E-state index is 0.0456. The molecule has 1 aliphatic heterocycles. The van der Waals surface area contributed by atoms with Crippen LogP contribution in [0.1, 0.15) is 31.0 Å². The summed E-state index contributed by atoms with van der Waals surface area (Å²) in [5, 5.41) is 3.84. The van der Waals surface area contributed by atoms with Gasteiger partial charge in [-0.1, -0.05) is 48.9 Å². The number of hydrogen-bond acceptors (Lipinski definition) is 9. The number of halogens is 2. The van der Waals surface area contributed by atoms with Crippen molar-refractivity contribution in [2.45, 2.75) is 31.6 Å². The summed E-state index contributed by atoms with van der Waals surface area (Å²) in [6.07, 6.45) is 2.63. The highest BCUT2D eigenvalue weighted by Gasteiger charge is 2.33. The summed E-state index contributed by atoms with van der Waals surface area (Å²) in [4.78, 5) is 25.0. The van der Waals surface area contributed by atoms with E-state index >= 15 is 4.39 Å². The topological polar surface area (TPSA) is 123 Å². The molecule has 3 aromatic heterocycles. The molecular weight excluding hydrogens is 611 g/mol. The van der Waals surface area contributed by atoms with Crippen LogP contribution in [0.25, 0.3) is 37.9 Å². The van der Waals surface area contributed by atoms with Crippen LogP contribution in [0, 0.1) is 12.7 Å². The van der Waals surface area contributed by atoms with E-state index in [1.54, 1.807) is 37.4 Å². The number of nitrogen functional groups attached to an aromatic ring is 1. The van der Waals surface area contributed by atoms with Crippen LogP contribution >= 0.6 is 22.9 Å². The van der Waals surface area contributed by atoms with Crippen LogP contribution in [0.3, 0.4) is 0 Å². The first-order valence-corrected chi connectivity index (χ1v) is 16.9. The minimum atomic E-state index is -4.10. The van der Waals surface area contributed by atoms with Gasteiger partial charge >= 0.3 is 0 Å². The Labute approximate surface area is 257 Å². The molecule has 9 nitrogen and oxygen atoms in total. The van der Waals surface area contributed by atoms with Crippen molar-refractivity contribution in [3.05, 3.63) is 69.0 Å².